The first-order valence-corrected chi connectivity index (χ1v) is 11.3. The van der Waals surface area contributed by atoms with Gasteiger partial charge in [0.1, 0.15) is 23.4 Å². The Morgan fingerprint density at radius 1 is 1.14 bits per heavy atom. The summed E-state index contributed by atoms with van der Waals surface area (Å²) in [7, 11) is 0. The molecule has 8 nitrogen and oxygen atoms in total. The van der Waals surface area contributed by atoms with Crippen LogP contribution in [0.15, 0.2) is 36.5 Å². The molecule has 1 saturated heterocycles. The van der Waals surface area contributed by atoms with E-state index in [4.69, 9.17) is 4.74 Å². The van der Waals surface area contributed by atoms with Crippen molar-refractivity contribution in [2.75, 3.05) is 17.2 Å². The van der Waals surface area contributed by atoms with E-state index in [0.717, 1.165) is 0 Å². The van der Waals surface area contributed by atoms with Crippen LogP contribution in [0.4, 0.5) is 25.1 Å². The van der Waals surface area contributed by atoms with Crippen LogP contribution in [0.3, 0.4) is 0 Å². The third-order valence-corrected chi connectivity index (χ3v) is 5.44. The van der Waals surface area contributed by atoms with E-state index in [9.17, 15) is 18.8 Å². The molecule has 1 aliphatic rings. The minimum atomic E-state index is -1.40. The van der Waals surface area contributed by atoms with Crippen molar-refractivity contribution in [2.45, 2.75) is 58.9 Å². The van der Waals surface area contributed by atoms with Gasteiger partial charge in [0, 0.05) is 6.54 Å². The minimum absolute atomic E-state index is 0.152. The Balaban J connectivity index is 1.73. The molecule has 188 valence electrons. The van der Waals surface area contributed by atoms with Gasteiger partial charge in [0.15, 0.2) is 0 Å². The highest BCUT2D eigenvalue weighted by Gasteiger charge is 2.40. The van der Waals surface area contributed by atoms with Gasteiger partial charge in [0.2, 0.25) is 0 Å². The Bertz CT molecular complexity index is 1100. The van der Waals surface area contributed by atoms with E-state index < -0.39 is 41.5 Å². The first kappa shape index (κ1) is 26.1. The lowest BCUT2D eigenvalue weighted by molar-refractivity contribution is -0.148. The number of carbonyl (C=O) groups excluding carboxylic acids is 3. The van der Waals surface area contributed by atoms with Gasteiger partial charge in [0.05, 0.1) is 17.9 Å². The SMILES string of the molecule is Cc1cc(NC(=O)C(=O)N2C[C@H](C)C[C@@H](F)[C@H]2c2ccc(F)cc2)cnc1NC(=O)OC(C)(C)C. The fraction of sp³-hybridized carbons (Fsp3) is 0.440. The number of benzene rings is 1. The molecule has 2 aromatic rings. The predicted molar refractivity (Wildman–Crippen MR) is 127 cm³/mol. The van der Waals surface area contributed by atoms with E-state index in [0.29, 0.717) is 11.1 Å². The highest BCUT2D eigenvalue weighted by Crippen LogP contribution is 2.36. The van der Waals surface area contributed by atoms with Crippen LogP contribution in [0.1, 0.15) is 51.3 Å². The normalized spacial score (nSPS) is 20.2. The highest BCUT2D eigenvalue weighted by molar-refractivity contribution is 6.39. The number of pyridine rings is 1. The smallest absolute Gasteiger partial charge is 0.413 e. The lowest BCUT2D eigenvalue weighted by atomic mass is 9.88. The van der Waals surface area contributed by atoms with Gasteiger partial charge in [-0.25, -0.2) is 18.6 Å². The number of nitrogens with zero attached hydrogens (tertiary/aromatic N) is 2. The molecule has 0 bridgehead atoms. The zero-order valence-electron chi connectivity index (χ0n) is 20.4. The largest absolute Gasteiger partial charge is 0.444 e. The first-order chi connectivity index (χ1) is 16.3. The number of nitrogens with one attached hydrogen (secondary N) is 2. The predicted octanol–water partition coefficient (Wildman–Crippen LogP) is 4.76. The van der Waals surface area contributed by atoms with E-state index in [1.54, 1.807) is 40.7 Å². The lowest BCUT2D eigenvalue weighted by Crippen LogP contribution is -2.50. The lowest BCUT2D eigenvalue weighted by Gasteiger charge is -2.40. The minimum Gasteiger partial charge on any atom is -0.444 e. The maximum atomic E-state index is 15.0. The number of aryl methyl sites for hydroxylation is 1. The average Bonchev–Trinajstić information content (AvgIpc) is 2.74. The maximum Gasteiger partial charge on any atom is 0.413 e. The molecule has 1 aromatic carbocycles. The van der Waals surface area contributed by atoms with Crippen LogP contribution < -0.4 is 10.6 Å². The van der Waals surface area contributed by atoms with E-state index in [-0.39, 0.29) is 30.4 Å². The van der Waals surface area contributed by atoms with Crippen molar-refractivity contribution in [1.29, 1.82) is 0 Å². The van der Waals surface area contributed by atoms with Gasteiger partial charge in [-0.2, -0.15) is 0 Å². The summed E-state index contributed by atoms with van der Waals surface area (Å²) in [6, 6.07) is 5.78. The van der Waals surface area contributed by atoms with Crippen LogP contribution in [0, 0.1) is 18.7 Å². The topological polar surface area (TPSA) is 101 Å². The number of likely N-dealkylation sites (tertiary alicyclic amines) is 1. The second kappa shape index (κ2) is 10.4. The molecule has 1 aromatic heterocycles. The molecular formula is C25H30F2N4O4. The maximum absolute atomic E-state index is 15.0. The van der Waals surface area contributed by atoms with Gasteiger partial charge < -0.3 is 15.0 Å². The number of carbonyl (C=O) groups is 3. The monoisotopic (exact) mass is 488 g/mol. The van der Waals surface area contributed by atoms with E-state index in [1.165, 1.54) is 35.4 Å². The van der Waals surface area contributed by atoms with Crippen molar-refractivity contribution in [3.8, 4) is 0 Å². The van der Waals surface area contributed by atoms with Crippen molar-refractivity contribution in [2.24, 2.45) is 5.92 Å². The number of hydrogen-bond acceptors (Lipinski definition) is 5. The first-order valence-electron chi connectivity index (χ1n) is 11.3. The molecule has 3 atom stereocenters. The Morgan fingerprint density at radius 3 is 2.40 bits per heavy atom. The molecular weight excluding hydrogens is 458 g/mol. The zero-order valence-corrected chi connectivity index (χ0v) is 20.4. The number of hydrogen-bond donors (Lipinski definition) is 2. The number of piperidine rings is 1. The molecule has 10 heteroatoms. The molecule has 2 heterocycles. The molecule has 2 N–H and O–H groups in total. The third kappa shape index (κ3) is 6.74. The van der Waals surface area contributed by atoms with Crippen molar-refractivity contribution in [1.82, 2.24) is 9.88 Å². The van der Waals surface area contributed by atoms with Gasteiger partial charge in [0.25, 0.3) is 0 Å². The van der Waals surface area contributed by atoms with Gasteiger partial charge in [-0.3, -0.25) is 14.9 Å². The Morgan fingerprint density at radius 2 is 1.80 bits per heavy atom. The van der Waals surface area contributed by atoms with Crippen LogP contribution in [-0.4, -0.2) is 46.1 Å². The number of ether oxygens (including phenoxy) is 1. The summed E-state index contributed by atoms with van der Waals surface area (Å²) in [4.78, 5) is 43.1. The fourth-order valence-electron chi connectivity index (χ4n) is 3.98. The summed E-state index contributed by atoms with van der Waals surface area (Å²) >= 11 is 0. The Hall–Kier alpha value is -3.56. The highest BCUT2D eigenvalue weighted by atomic mass is 19.1. The number of amides is 3. The molecule has 0 aliphatic carbocycles. The standard InChI is InChI=1S/C25H30F2N4O4/c1-14-10-19(27)20(16-6-8-17(26)9-7-16)31(13-14)23(33)22(32)29-18-11-15(2)21(28-12-18)30-24(34)35-25(3,4)5/h6-9,11-12,14,19-20H,10,13H2,1-5H3,(H,29,32)(H,28,30,34)/t14-,19-,20-/m1/s1. The number of alkyl halides is 1. The summed E-state index contributed by atoms with van der Waals surface area (Å²) in [5.74, 6) is -2.24. The van der Waals surface area contributed by atoms with E-state index in [1.807, 2.05) is 0 Å². The van der Waals surface area contributed by atoms with Crippen LogP contribution in [0.25, 0.3) is 0 Å². The zero-order chi connectivity index (χ0) is 25.9. The fourth-order valence-corrected chi connectivity index (χ4v) is 3.98. The van der Waals surface area contributed by atoms with Crippen molar-refractivity contribution in [3.05, 3.63) is 53.5 Å². The molecule has 0 unspecified atom stereocenters. The second-order valence-electron chi connectivity index (χ2n) is 9.78. The van der Waals surface area contributed by atoms with Crippen molar-refractivity contribution >= 4 is 29.4 Å². The molecule has 0 radical (unpaired) electrons. The average molecular weight is 489 g/mol. The van der Waals surface area contributed by atoms with Gasteiger partial charge in [-0.15, -0.1) is 0 Å². The molecule has 3 rings (SSSR count). The summed E-state index contributed by atoms with van der Waals surface area (Å²) in [5.41, 5.74) is 0.501. The van der Waals surface area contributed by atoms with E-state index >= 15 is 4.39 Å². The molecule has 1 fully saturated rings. The van der Waals surface area contributed by atoms with Crippen LogP contribution in [0.5, 0.6) is 0 Å². The summed E-state index contributed by atoms with van der Waals surface area (Å²) in [5, 5.41) is 5.02. The van der Waals surface area contributed by atoms with Gasteiger partial charge in [-0.1, -0.05) is 19.1 Å². The number of halogens is 2. The van der Waals surface area contributed by atoms with Crippen LogP contribution >= 0.6 is 0 Å². The molecule has 0 saturated carbocycles. The Labute approximate surface area is 203 Å². The van der Waals surface area contributed by atoms with Crippen molar-refractivity contribution < 1.29 is 27.9 Å². The summed E-state index contributed by atoms with van der Waals surface area (Å²) in [6.07, 6.45) is -0.558. The number of rotatable bonds is 3. The summed E-state index contributed by atoms with van der Waals surface area (Å²) < 4.78 is 33.6. The summed E-state index contributed by atoms with van der Waals surface area (Å²) in [6.45, 7) is 8.86. The van der Waals surface area contributed by atoms with Gasteiger partial charge >= 0.3 is 17.9 Å². The van der Waals surface area contributed by atoms with E-state index in [2.05, 4.69) is 15.6 Å². The number of aromatic nitrogens is 1. The van der Waals surface area contributed by atoms with Crippen LogP contribution in [0.2, 0.25) is 0 Å². The van der Waals surface area contributed by atoms with Gasteiger partial charge in [-0.05, 0) is 69.4 Å². The Kier molecular flexibility index (Phi) is 7.72. The molecule has 3 amide bonds. The third-order valence-electron chi connectivity index (χ3n) is 5.44. The second-order valence-corrected chi connectivity index (χ2v) is 9.78. The van der Waals surface area contributed by atoms with Crippen molar-refractivity contribution in [3.63, 3.8) is 0 Å². The quantitative estimate of drug-likeness (QED) is 0.607. The molecule has 35 heavy (non-hydrogen) atoms. The molecule has 0 spiro atoms. The van der Waals surface area contributed by atoms with Crippen LogP contribution in [-0.2, 0) is 14.3 Å². The number of anilines is 2. The molecule has 1 aliphatic heterocycles.